The first-order valence-corrected chi connectivity index (χ1v) is 7.75. The molecule has 6 heteroatoms. The Kier molecular flexibility index (Phi) is 6.22. The van der Waals surface area contributed by atoms with Crippen molar-refractivity contribution in [1.29, 1.82) is 0 Å². The minimum atomic E-state index is -1.02. The molecule has 1 atom stereocenters. The van der Waals surface area contributed by atoms with Gasteiger partial charge < -0.3 is 10.1 Å². The normalized spacial score (nSPS) is 11.7. The number of carbonyl (C=O) groups is 2. The van der Waals surface area contributed by atoms with Crippen LogP contribution in [0.1, 0.15) is 16.7 Å². The Hall–Kier alpha value is -2.76. The largest absolute Gasteiger partial charge is 0.467 e. The predicted molar refractivity (Wildman–Crippen MR) is 88.9 cm³/mol. The van der Waals surface area contributed by atoms with Gasteiger partial charge in [-0.1, -0.05) is 35.9 Å². The van der Waals surface area contributed by atoms with Gasteiger partial charge in [0.15, 0.2) is 11.6 Å². The van der Waals surface area contributed by atoms with Crippen molar-refractivity contribution in [3.8, 4) is 0 Å². The van der Waals surface area contributed by atoms with E-state index in [0.29, 0.717) is 5.56 Å². The smallest absolute Gasteiger partial charge is 0.328 e. The van der Waals surface area contributed by atoms with E-state index in [1.807, 2.05) is 31.2 Å². The second-order valence-corrected chi connectivity index (χ2v) is 5.76. The summed E-state index contributed by atoms with van der Waals surface area (Å²) in [4.78, 5) is 24.1. The molecule has 0 aliphatic rings. The summed E-state index contributed by atoms with van der Waals surface area (Å²) >= 11 is 0. The quantitative estimate of drug-likeness (QED) is 0.818. The highest BCUT2D eigenvalue weighted by Gasteiger charge is 2.22. The van der Waals surface area contributed by atoms with E-state index in [1.54, 1.807) is 0 Å². The van der Waals surface area contributed by atoms with Crippen LogP contribution in [-0.2, 0) is 27.2 Å². The third-order valence-corrected chi connectivity index (χ3v) is 3.69. The summed E-state index contributed by atoms with van der Waals surface area (Å²) < 4.78 is 30.9. The predicted octanol–water partition coefficient (Wildman–Crippen LogP) is 2.72. The summed E-state index contributed by atoms with van der Waals surface area (Å²) in [6, 6.07) is 9.95. The molecule has 0 spiro atoms. The first-order valence-electron chi connectivity index (χ1n) is 7.75. The number of methoxy groups -OCH3 is 1. The number of halogens is 2. The number of amides is 1. The minimum absolute atomic E-state index is 0.168. The van der Waals surface area contributed by atoms with Gasteiger partial charge in [0.05, 0.1) is 13.5 Å². The molecule has 2 aromatic rings. The molecule has 0 bridgehead atoms. The van der Waals surface area contributed by atoms with Crippen LogP contribution in [-0.4, -0.2) is 25.0 Å². The molecule has 1 N–H and O–H groups in total. The maximum Gasteiger partial charge on any atom is 0.328 e. The number of hydrogen-bond acceptors (Lipinski definition) is 3. The number of benzene rings is 2. The van der Waals surface area contributed by atoms with Gasteiger partial charge in [-0.25, -0.2) is 13.6 Å². The van der Waals surface area contributed by atoms with E-state index in [-0.39, 0.29) is 12.8 Å². The average Bonchev–Trinajstić information content (AvgIpc) is 2.57. The first kappa shape index (κ1) is 18.6. The number of rotatable bonds is 6. The van der Waals surface area contributed by atoms with E-state index in [1.165, 1.54) is 13.2 Å². The zero-order chi connectivity index (χ0) is 18.4. The van der Waals surface area contributed by atoms with Crippen molar-refractivity contribution < 1.29 is 23.1 Å². The average molecular weight is 347 g/mol. The summed E-state index contributed by atoms with van der Waals surface area (Å²) in [5.74, 6) is -3.04. The van der Waals surface area contributed by atoms with Crippen LogP contribution in [0.3, 0.4) is 0 Å². The molecule has 0 unspecified atom stereocenters. The van der Waals surface area contributed by atoms with Crippen LogP contribution in [0.4, 0.5) is 8.78 Å². The van der Waals surface area contributed by atoms with Gasteiger partial charge in [-0.2, -0.15) is 0 Å². The Labute approximate surface area is 144 Å². The van der Waals surface area contributed by atoms with E-state index < -0.39 is 29.6 Å². The van der Waals surface area contributed by atoms with Crippen LogP contribution >= 0.6 is 0 Å². The van der Waals surface area contributed by atoms with Gasteiger partial charge in [0.2, 0.25) is 5.91 Å². The molecule has 0 heterocycles. The first-order chi connectivity index (χ1) is 11.9. The highest BCUT2D eigenvalue weighted by atomic mass is 19.2. The van der Waals surface area contributed by atoms with Crippen molar-refractivity contribution in [2.75, 3.05) is 7.11 Å². The Morgan fingerprint density at radius 1 is 1.08 bits per heavy atom. The lowest BCUT2D eigenvalue weighted by Gasteiger charge is -2.17. The van der Waals surface area contributed by atoms with Crippen molar-refractivity contribution in [2.24, 2.45) is 0 Å². The molecule has 0 aliphatic heterocycles. The Morgan fingerprint density at radius 3 is 2.48 bits per heavy atom. The van der Waals surface area contributed by atoms with Crippen molar-refractivity contribution >= 4 is 11.9 Å². The Balaban J connectivity index is 2.06. The minimum Gasteiger partial charge on any atom is -0.467 e. The van der Waals surface area contributed by atoms with Crippen LogP contribution in [0.5, 0.6) is 0 Å². The van der Waals surface area contributed by atoms with Gasteiger partial charge in [0, 0.05) is 6.42 Å². The summed E-state index contributed by atoms with van der Waals surface area (Å²) in [7, 11) is 1.24. The molecule has 2 aromatic carbocycles. The standard InChI is InChI=1S/C19H19F2NO3/c1-12-4-3-5-13(8-12)10-17(19(24)25-2)22-18(23)11-14-6-7-15(20)16(21)9-14/h3-9,17H,10-11H2,1-2H3,(H,22,23)/t17-/m0/s1. The molecule has 132 valence electrons. The van der Waals surface area contributed by atoms with Gasteiger partial charge in [0.25, 0.3) is 0 Å². The number of aryl methyl sites for hydroxylation is 1. The maximum atomic E-state index is 13.2. The Morgan fingerprint density at radius 2 is 1.84 bits per heavy atom. The molecule has 4 nitrogen and oxygen atoms in total. The lowest BCUT2D eigenvalue weighted by atomic mass is 10.0. The molecule has 0 fully saturated rings. The third kappa shape index (κ3) is 5.38. The van der Waals surface area contributed by atoms with Crippen molar-refractivity contribution in [3.63, 3.8) is 0 Å². The molecule has 25 heavy (non-hydrogen) atoms. The van der Waals surface area contributed by atoms with E-state index in [4.69, 9.17) is 4.74 Å². The highest BCUT2D eigenvalue weighted by molar-refractivity contribution is 5.85. The van der Waals surface area contributed by atoms with Crippen molar-refractivity contribution in [2.45, 2.75) is 25.8 Å². The fourth-order valence-corrected chi connectivity index (χ4v) is 2.49. The third-order valence-electron chi connectivity index (χ3n) is 3.69. The number of nitrogens with one attached hydrogen (secondary N) is 1. The molecule has 2 rings (SSSR count). The molecule has 1 amide bonds. The molecular weight excluding hydrogens is 328 g/mol. The second kappa shape index (κ2) is 8.37. The molecule has 0 aromatic heterocycles. The molecule has 0 aliphatic carbocycles. The number of ether oxygens (including phenoxy) is 1. The van der Waals surface area contributed by atoms with Gasteiger partial charge >= 0.3 is 5.97 Å². The van der Waals surface area contributed by atoms with E-state index in [2.05, 4.69) is 5.32 Å². The number of carbonyl (C=O) groups excluding carboxylic acids is 2. The summed E-state index contributed by atoms with van der Waals surface area (Å²) in [6.45, 7) is 1.93. The Bertz CT molecular complexity index is 777. The van der Waals surface area contributed by atoms with E-state index in [9.17, 15) is 18.4 Å². The lowest BCUT2D eigenvalue weighted by Crippen LogP contribution is -2.43. The summed E-state index contributed by atoms with van der Waals surface area (Å²) in [5, 5.41) is 2.59. The van der Waals surface area contributed by atoms with E-state index in [0.717, 1.165) is 23.3 Å². The van der Waals surface area contributed by atoms with Crippen LogP contribution in [0.2, 0.25) is 0 Å². The summed E-state index contributed by atoms with van der Waals surface area (Å²) in [5.41, 5.74) is 2.23. The van der Waals surface area contributed by atoms with Crippen LogP contribution < -0.4 is 5.32 Å². The number of hydrogen-bond donors (Lipinski definition) is 1. The summed E-state index contributed by atoms with van der Waals surface area (Å²) in [6.07, 6.45) is 0.108. The van der Waals surface area contributed by atoms with Gasteiger partial charge in [0.1, 0.15) is 6.04 Å². The monoisotopic (exact) mass is 347 g/mol. The van der Waals surface area contributed by atoms with Gasteiger partial charge in [-0.3, -0.25) is 4.79 Å². The molecular formula is C19H19F2NO3. The zero-order valence-corrected chi connectivity index (χ0v) is 14.0. The molecule has 0 saturated heterocycles. The topological polar surface area (TPSA) is 55.4 Å². The van der Waals surface area contributed by atoms with Crippen LogP contribution in [0.15, 0.2) is 42.5 Å². The van der Waals surface area contributed by atoms with Crippen LogP contribution in [0.25, 0.3) is 0 Å². The fourth-order valence-electron chi connectivity index (χ4n) is 2.49. The highest BCUT2D eigenvalue weighted by Crippen LogP contribution is 2.11. The maximum absolute atomic E-state index is 13.2. The molecule has 0 saturated carbocycles. The fraction of sp³-hybridized carbons (Fsp3) is 0.263. The van der Waals surface area contributed by atoms with Crippen molar-refractivity contribution in [1.82, 2.24) is 5.32 Å². The van der Waals surface area contributed by atoms with Gasteiger partial charge in [-0.05, 0) is 30.2 Å². The number of esters is 1. The van der Waals surface area contributed by atoms with Gasteiger partial charge in [-0.15, -0.1) is 0 Å². The SMILES string of the molecule is COC(=O)[C@H](Cc1cccc(C)c1)NC(=O)Cc1ccc(F)c(F)c1. The van der Waals surface area contributed by atoms with Crippen LogP contribution in [0, 0.1) is 18.6 Å². The lowest BCUT2D eigenvalue weighted by molar-refractivity contribution is -0.145. The van der Waals surface area contributed by atoms with Crippen molar-refractivity contribution in [3.05, 3.63) is 70.8 Å². The zero-order valence-electron chi connectivity index (χ0n) is 14.0. The van der Waals surface area contributed by atoms with E-state index >= 15 is 0 Å². The second-order valence-electron chi connectivity index (χ2n) is 5.76. The molecule has 0 radical (unpaired) electrons.